The number of piperidine rings is 1. The molecule has 15 heteroatoms. The number of nitrogens with one attached hydrogen (secondary N) is 2. The first kappa shape index (κ1) is 30.7. The number of nitrogens with two attached hydrogens (primary N) is 1. The van der Waals surface area contributed by atoms with Crippen LogP contribution in [0.5, 0.6) is 5.75 Å². The van der Waals surface area contributed by atoms with Gasteiger partial charge in [-0.3, -0.25) is 0 Å². The summed E-state index contributed by atoms with van der Waals surface area (Å²) < 4.78 is 65.0. The van der Waals surface area contributed by atoms with Crippen molar-refractivity contribution in [3.05, 3.63) is 88.9 Å². The molecule has 2 aliphatic rings. The van der Waals surface area contributed by atoms with Gasteiger partial charge in [0.05, 0.1) is 31.2 Å². The van der Waals surface area contributed by atoms with Crippen LogP contribution in [0.4, 0.5) is 23.4 Å². The summed E-state index contributed by atoms with van der Waals surface area (Å²) >= 11 is 0. The summed E-state index contributed by atoms with van der Waals surface area (Å²) in [6.07, 6.45) is -1.22. The van der Waals surface area contributed by atoms with Crippen molar-refractivity contribution in [2.24, 2.45) is 0 Å². The molecule has 0 spiro atoms. The average Bonchev–Trinajstić information content (AvgIpc) is 3.66. The maximum absolute atomic E-state index is 15.3. The second kappa shape index (κ2) is 12.6. The topological polar surface area (TPSA) is 126 Å². The van der Waals surface area contributed by atoms with Crippen LogP contribution in [-0.4, -0.2) is 82.2 Å². The van der Waals surface area contributed by atoms with Crippen molar-refractivity contribution in [3.8, 4) is 5.75 Å². The van der Waals surface area contributed by atoms with Gasteiger partial charge in [-0.1, -0.05) is 30.3 Å². The van der Waals surface area contributed by atoms with Crippen molar-refractivity contribution < 1.29 is 27.4 Å². The number of imidazole rings is 1. The standard InChI is InChI=1S/C30H31F4N8O2Si/c1-44-22-11-19(31)18(10-20(22)32)28-40-21(13-42-16-38-23-26(35)36-15-37-27(23)42)29(45-28)41-9-5-8-30(14-41,24(43)25(33)34)39-12-17-6-3-2-4-7-17/h2-4,6-7,10-11,15-16,24-25,39-40,43H,5,8-9,12-14H2,1H3,(H2,35,36,37)/t24-,30-/m1/s1. The number of benzene rings is 2. The van der Waals surface area contributed by atoms with Gasteiger partial charge in [0.2, 0.25) is 0 Å². The van der Waals surface area contributed by atoms with E-state index in [2.05, 4.69) is 25.6 Å². The Morgan fingerprint density at radius 3 is 2.71 bits per heavy atom. The Morgan fingerprint density at radius 2 is 1.96 bits per heavy atom. The highest BCUT2D eigenvalue weighted by Gasteiger charge is 2.46. The lowest BCUT2D eigenvalue weighted by Crippen LogP contribution is -2.65. The van der Waals surface area contributed by atoms with Gasteiger partial charge >= 0.3 is 0 Å². The normalized spacial score (nSPS) is 19.3. The summed E-state index contributed by atoms with van der Waals surface area (Å²) in [5.41, 5.74) is 7.07. The molecule has 1 radical (unpaired) electrons. The molecule has 4 heterocycles. The number of halogens is 4. The van der Waals surface area contributed by atoms with E-state index in [4.69, 9.17) is 10.5 Å². The molecule has 45 heavy (non-hydrogen) atoms. The van der Waals surface area contributed by atoms with E-state index >= 15 is 4.39 Å². The van der Waals surface area contributed by atoms with Crippen LogP contribution in [0.2, 0.25) is 0 Å². The lowest BCUT2D eigenvalue weighted by atomic mass is 9.83. The summed E-state index contributed by atoms with van der Waals surface area (Å²) in [5.74, 6) is -1.41. The summed E-state index contributed by atoms with van der Waals surface area (Å²) in [6.45, 7) is 1.04. The fraction of sp³-hybridized carbons (Fsp3) is 0.333. The van der Waals surface area contributed by atoms with Crippen molar-refractivity contribution in [2.75, 3.05) is 25.9 Å². The van der Waals surface area contributed by atoms with E-state index in [1.165, 1.54) is 13.4 Å². The minimum Gasteiger partial charge on any atom is -0.494 e. The number of aromatic nitrogens is 4. The number of alkyl halides is 2. The van der Waals surface area contributed by atoms with Crippen LogP contribution in [0.25, 0.3) is 11.2 Å². The number of nitrogens with zero attached hydrogens (tertiary/aromatic N) is 5. The number of hydrogen-bond acceptors (Lipinski definition) is 9. The third-order valence-corrected chi connectivity index (χ3v) is 9.71. The molecule has 4 aromatic rings. The summed E-state index contributed by atoms with van der Waals surface area (Å²) in [6, 6.07) is 11.4. The van der Waals surface area contributed by atoms with Gasteiger partial charge in [0, 0.05) is 41.9 Å². The highest BCUT2D eigenvalue weighted by atomic mass is 28.2. The first-order chi connectivity index (χ1) is 21.7. The Morgan fingerprint density at radius 1 is 1.16 bits per heavy atom. The molecule has 2 aromatic carbocycles. The number of fused-ring (bicyclic) bond motifs is 1. The third kappa shape index (κ3) is 6.02. The zero-order valence-corrected chi connectivity index (χ0v) is 25.3. The largest absolute Gasteiger partial charge is 0.494 e. The molecule has 0 saturated carbocycles. The molecular weight excluding hydrogens is 608 g/mol. The number of anilines is 1. The van der Waals surface area contributed by atoms with Crippen LogP contribution >= 0.6 is 0 Å². The van der Waals surface area contributed by atoms with Gasteiger partial charge in [0.1, 0.15) is 32.9 Å². The first-order valence-electron chi connectivity index (χ1n) is 14.3. The van der Waals surface area contributed by atoms with Crippen molar-refractivity contribution in [1.29, 1.82) is 0 Å². The van der Waals surface area contributed by atoms with Gasteiger partial charge in [-0.25, -0.2) is 32.5 Å². The number of rotatable bonds is 10. The Hall–Kier alpha value is -4.34. The highest BCUT2D eigenvalue weighted by molar-refractivity contribution is 6.65. The highest BCUT2D eigenvalue weighted by Crippen LogP contribution is 2.32. The number of aliphatic hydroxyl groups excluding tert-OH is 1. The van der Waals surface area contributed by atoms with E-state index in [-0.39, 0.29) is 45.9 Å². The van der Waals surface area contributed by atoms with Crippen LogP contribution in [0, 0.1) is 11.6 Å². The predicted octanol–water partition coefficient (Wildman–Crippen LogP) is 2.60. The average molecular weight is 640 g/mol. The van der Waals surface area contributed by atoms with Gasteiger partial charge in [-0.05, 0) is 24.5 Å². The second-order valence-corrected chi connectivity index (χ2v) is 12.2. The van der Waals surface area contributed by atoms with E-state index in [1.807, 2.05) is 35.2 Å². The minimum absolute atomic E-state index is 0.0271. The minimum atomic E-state index is -2.98. The van der Waals surface area contributed by atoms with Crippen molar-refractivity contribution >= 4 is 31.4 Å². The van der Waals surface area contributed by atoms with Gasteiger partial charge in [0.25, 0.3) is 6.43 Å². The Labute approximate surface area is 258 Å². The third-order valence-electron chi connectivity index (χ3n) is 8.21. The van der Waals surface area contributed by atoms with E-state index in [0.29, 0.717) is 41.5 Å². The summed E-state index contributed by atoms with van der Waals surface area (Å²) in [7, 11) is 1.08. The monoisotopic (exact) mass is 639 g/mol. The number of likely N-dealkylation sites (tertiary alicyclic amines) is 1. The maximum Gasteiger partial charge on any atom is 0.265 e. The van der Waals surface area contributed by atoms with Crippen LogP contribution < -0.4 is 21.1 Å². The molecule has 2 atom stereocenters. The Balaban J connectivity index is 1.39. The molecule has 0 aliphatic carbocycles. The molecule has 0 unspecified atom stereocenters. The quantitative estimate of drug-likeness (QED) is 0.153. The lowest BCUT2D eigenvalue weighted by Gasteiger charge is -2.47. The number of ether oxygens (including phenoxy) is 1. The molecule has 0 amide bonds. The molecule has 1 fully saturated rings. The van der Waals surface area contributed by atoms with Crippen molar-refractivity contribution in [3.63, 3.8) is 0 Å². The van der Waals surface area contributed by atoms with Crippen LogP contribution in [0.3, 0.4) is 0 Å². The molecule has 10 nitrogen and oxygen atoms in total. The number of hydrogen-bond donors (Lipinski definition) is 4. The molecule has 6 rings (SSSR count). The Bertz CT molecular complexity index is 1770. The number of allylic oxidation sites excluding steroid dienone is 1. The molecule has 0 bridgehead atoms. The fourth-order valence-corrected chi connectivity index (χ4v) is 7.31. The predicted molar refractivity (Wildman–Crippen MR) is 162 cm³/mol. The number of methoxy groups -OCH3 is 1. The second-order valence-electron chi connectivity index (χ2n) is 11.0. The summed E-state index contributed by atoms with van der Waals surface area (Å²) in [5, 5.41) is 18.6. The van der Waals surface area contributed by atoms with Gasteiger partial charge < -0.3 is 35.7 Å². The van der Waals surface area contributed by atoms with Gasteiger partial charge in [-0.2, -0.15) is 0 Å². The fourth-order valence-electron chi connectivity index (χ4n) is 5.90. The molecule has 1 saturated heterocycles. The molecule has 5 N–H and O–H groups in total. The van der Waals surface area contributed by atoms with Crippen LogP contribution in [-0.2, 0) is 13.1 Å². The van der Waals surface area contributed by atoms with Crippen molar-refractivity contribution in [2.45, 2.75) is 44.0 Å². The maximum atomic E-state index is 15.3. The molecule has 2 aromatic heterocycles. The van der Waals surface area contributed by atoms with Gasteiger partial charge in [0.15, 0.2) is 23.0 Å². The zero-order chi connectivity index (χ0) is 31.7. The number of aliphatic hydroxyl groups is 1. The molecule has 2 aliphatic heterocycles. The van der Waals surface area contributed by atoms with Crippen LogP contribution in [0.15, 0.2) is 66.1 Å². The summed E-state index contributed by atoms with van der Waals surface area (Å²) in [4.78, 5) is 14.6. The Kier molecular flexibility index (Phi) is 8.57. The van der Waals surface area contributed by atoms with Crippen LogP contribution in [0.1, 0.15) is 24.0 Å². The smallest absolute Gasteiger partial charge is 0.265 e. The number of nitrogen functional groups attached to an aromatic ring is 1. The molecule has 235 valence electrons. The lowest BCUT2D eigenvalue weighted by molar-refractivity contribution is -0.0794. The van der Waals surface area contributed by atoms with E-state index in [0.717, 1.165) is 23.0 Å². The molecular formula is C30H31F4N8O2Si. The zero-order valence-electron chi connectivity index (χ0n) is 24.3. The van der Waals surface area contributed by atoms with E-state index in [1.54, 1.807) is 10.9 Å². The van der Waals surface area contributed by atoms with Crippen molar-refractivity contribution in [1.82, 2.24) is 35.1 Å². The first-order valence-corrected chi connectivity index (χ1v) is 15.3. The van der Waals surface area contributed by atoms with E-state index < -0.39 is 29.7 Å². The SMILES string of the molecule is COc1cc(F)c(C2=[Si]C(N3CCC[C@](NCc4ccccc4)([C@H](O)C(F)F)C3)=C(Cn3cnc4c(N)ncnc43)N2)cc1F. The van der Waals surface area contributed by atoms with E-state index in [9.17, 15) is 18.3 Å². The van der Waals surface area contributed by atoms with Gasteiger partial charge in [-0.15, -0.1) is 0 Å².